The zero-order chi connectivity index (χ0) is 22.5. The first-order valence-corrected chi connectivity index (χ1v) is 11.8. The molecule has 7 nitrogen and oxygen atoms in total. The van der Waals surface area contributed by atoms with Crippen molar-refractivity contribution in [3.8, 4) is 11.5 Å². The summed E-state index contributed by atoms with van der Waals surface area (Å²) in [5.41, 5.74) is 2.23. The maximum atomic E-state index is 11.1. The number of ether oxygens (including phenoxy) is 1. The third-order valence-electron chi connectivity index (χ3n) is 4.36. The van der Waals surface area contributed by atoms with E-state index in [-0.39, 0.29) is 40.3 Å². The van der Waals surface area contributed by atoms with E-state index >= 15 is 0 Å². The summed E-state index contributed by atoms with van der Waals surface area (Å²) in [6.07, 6.45) is 5.41. The number of benzene rings is 1. The molecule has 0 radical (unpaired) electrons. The molecule has 1 atom stereocenters. The molecule has 0 amide bonds. The fourth-order valence-electron chi connectivity index (χ4n) is 2.82. The molecule has 4 rings (SSSR count). The zero-order valence-corrected chi connectivity index (χ0v) is 23.0. The van der Waals surface area contributed by atoms with Crippen molar-refractivity contribution in [2.24, 2.45) is 0 Å². The Morgan fingerprint density at radius 3 is 2.68 bits per heavy atom. The Labute approximate surface area is 233 Å². The Balaban J connectivity index is 0.00000204. The monoisotopic (exact) mass is 521 g/mol. The fourth-order valence-corrected chi connectivity index (χ4v) is 4.62. The maximum absolute atomic E-state index is 11.1. The molecule has 3 heterocycles. The first-order chi connectivity index (χ1) is 15.5. The number of carbonyl (C=O) groups excluding carboxylic acids is 1. The molecule has 0 aliphatic rings. The van der Waals surface area contributed by atoms with Gasteiger partial charge in [0, 0.05) is 27.9 Å². The molecule has 0 aliphatic heterocycles. The van der Waals surface area contributed by atoms with Crippen LogP contribution in [0.5, 0.6) is 11.5 Å². The molecule has 0 spiro atoms. The Hall–Kier alpha value is -1.98. The van der Waals surface area contributed by atoms with Crippen LogP contribution >= 0.6 is 34.7 Å². The van der Waals surface area contributed by atoms with Crippen LogP contribution in [-0.2, 0) is 4.79 Å². The number of halogens is 1. The van der Waals surface area contributed by atoms with Gasteiger partial charge in [-0.15, -0.1) is 34.7 Å². The van der Waals surface area contributed by atoms with E-state index < -0.39 is 0 Å². The van der Waals surface area contributed by atoms with E-state index in [1.54, 1.807) is 42.4 Å². The maximum Gasteiger partial charge on any atom is 1.00 e. The smallest absolute Gasteiger partial charge is 0.870 e. The Bertz CT molecular complexity index is 1240. The van der Waals surface area contributed by atoms with Crippen molar-refractivity contribution in [2.75, 3.05) is 5.32 Å². The van der Waals surface area contributed by atoms with E-state index in [4.69, 9.17) is 16.3 Å². The molecule has 0 saturated carbocycles. The van der Waals surface area contributed by atoms with Crippen LogP contribution in [0.1, 0.15) is 29.1 Å². The zero-order valence-electron chi connectivity index (χ0n) is 18.7. The third-order valence-corrected chi connectivity index (χ3v) is 6.64. The SMILES string of the molecule is Cc1csc(Nc2ncc(SC(C)c3ccccn3)cc2Oc2cc([C-]=O)ccc2Cl)n1.[Na+].[OH-]. The van der Waals surface area contributed by atoms with Crippen molar-refractivity contribution in [1.82, 2.24) is 15.0 Å². The fraction of sp³-hybridized carbons (Fsp3) is 0.130. The normalized spacial score (nSPS) is 11.0. The van der Waals surface area contributed by atoms with Gasteiger partial charge in [0.15, 0.2) is 16.7 Å². The molecule has 11 heteroatoms. The number of hydrogen-bond acceptors (Lipinski definition) is 9. The Morgan fingerprint density at radius 2 is 2.00 bits per heavy atom. The van der Waals surface area contributed by atoms with Crippen molar-refractivity contribution >= 4 is 51.9 Å². The minimum absolute atomic E-state index is 0. The van der Waals surface area contributed by atoms with Gasteiger partial charge in [0.25, 0.3) is 0 Å². The van der Waals surface area contributed by atoms with Gasteiger partial charge in [-0.25, -0.2) is 9.97 Å². The summed E-state index contributed by atoms with van der Waals surface area (Å²) in [6.45, 7) is 4.00. The number of rotatable bonds is 8. The van der Waals surface area contributed by atoms with Crippen LogP contribution in [0.25, 0.3) is 0 Å². The van der Waals surface area contributed by atoms with Crippen molar-refractivity contribution in [3.05, 3.63) is 82.2 Å². The van der Waals surface area contributed by atoms with Gasteiger partial charge in [0.1, 0.15) is 0 Å². The molecule has 0 saturated heterocycles. The molecule has 0 bridgehead atoms. The van der Waals surface area contributed by atoms with E-state index in [1.807, 2.05) is 42.9 Å². The molecule has 170 valence electrons. The second-order valence-corrected chi connectivity index (χ2v) is 9.48. The number of hydrogen-bond donors (Lipinski definition) is 1. The number of pyridine rings is 2. The number of aromatic nitrogens is 3. The van der Waals surface area contributed by atoms with Gasteiger partial charge < -0.3 is 20.3 Å². The number of nitrogens with zero attached hydrogens (tertiary/aromatic N) is 3. The van der Waals surface area contributed by atoms with Crippen molar-refractivity contribution in [2.45, 2.75) is 24.0 Å². The standard InChI is InChI=1S/C23H18ClN4O2S2.Na.H2O/c1-14-13-31-23(27-14)28-22-21(30-20-9-16(12-29)6-7-18(20)24)10-17(11-26-22)32-15(2)19-5-3-4-8-25-19;;/h3-11,13,15H,1-2H3,(H,26,27,28);;1H2/q-1;+1;/p-1. The molecule has 1 unspecified atom stereocenters. The van der Waals surface area contributed by atoms with Gasteiger partial charge in [0.2, 0.25) is 0 Å². The van der Waals surface area contributed by atoms with Crippen LogP contribution in [0.4, 0.5) is 10.9 Å². The van der Waals surface area contributed by atoms with Crippen LogP contribution in [0.2, 0.25) is 5.02 Å². The molecular formula is C23H19ClN4NaO3S2-. The van der Waals surface area contributed by atoms with Gasteiger partial charge in [-0.3, -0.25) is 4.98 Å². The van der Waals surface area contributed by atoms with Crippen molar-refractivity contribution in [3.63, 3.8) is 0 Å². The molecule has 34 heavy (non-hydrogen) atoms. The first kappa shape index (κ1) is 28.3. The van der Waals surface area contributed by atoms with Gasteiger partial charge in [0.05, 0.1) is 28.4 Å². The molecule has 3 aromatic heterocycles. The quantitative estimate of drug-likeness (QED) is 0.213. The summed E-state index contributed by atoms with van der Waals surface area (Å²) in [4.78, 5) is 25.4. The van der Waals surface area contributed by atoms with Crippen LogP contribution in [-0.4, -0.2) is 26.7 Å². The van der Waals surface area contributed by atoms with E-state index in [1.165, 1.54) is 11.3 Å². The topological polar surface area (TPSA) is 107 Å². The molecule has 4 aromatic rings. The molecule has 0 fully saturated rings. The minimum Gasteiger partial charge on any atom is -0.870 e. The van der Waals surface area contributed by atoms with E-state index in [2.05, 4.69) is 27.2 Å². The molecular weight excluding hydrogens is 503 g/mol. The second kappa shape index (κ2) is 13.2. The number of aryl methyl sites for hydroxylation is 1. The summed E-state index contributed by atoms with van der Waals surface area (Å²) >= 11 is 9.39. The summed E-state index contributed by atoms with van der Waals surface area (Å²) in [7, 11) is 0. The van der Waals surface area contributed by atoms with Crippen molar-refractivity contribution in [1.29, 1.82) is 0 Å². The Kier molecular flexibility index (Phi) is 11.0. The Morgan fingerprint density at radius 1 is 1.18 bits per heavy atom. The second-order valence-electron chi connectivity index (χ2n) is 6.80. The minimum atomic E-state index is 0. The molecule has 2 N–H and O–H groups in total. The van der Waals surface area contributed by atoms with Gasteiger partial charge in [-0.05, 0) is 32.0 Å². The van der Waals surface area contributed by atoms with Gasteiger partial charge in [-0.1, -0.05) is 23.7 Å². The molecule has 0 aliphatic carbocycles. The summed E-state index contributed by atoms with van der Waals surface area (Å²) < 4.78 is 6.10. The van der Waals surface area contributed by atoms with E-state index in [0.717, 1.165) is 16.3 Å². The number of nitrogens with one attached hydrogen (secondary N) is 1. The third kappa shape index (κ3) is 7.26. The van der Waals surface area contributed by atoms with Crippen LogP contribution in [0.15, 0.2) is 65.1 Å². The predicted molar refractivity (Wildman–Crippen MR) is 131 cm³/mol. The number of thiazole rings is 1. The number of anilines is 2. The van der Waals surface area contributed by atoms with E-state index in [9.17, 15) is 4.79 Å². The van der Waals surface area contributed by atoms with E-state index in [0.29, 0.717) is 33.0 Å². The average Bonchev–Trinajstić information content (AvgIpc) is 3.22. The van der Waals surface area contributed by atoms with Crippen molar-refractivity contribution < 1.29 is 44.6 Å². The summed E-state index contributed by atoms with van der Waals surface area (Å²) in [5.74, 6) is 1.29. The van der Waals surface area contributed by atoms with Gasteiger partial charge in [-0.2, -0.15) is 6.07 Å². The van der Waals surface area contributed by atoms with Crippen LogP contribution < -0.4 is 39.6 Å². The number of thioether (sulfide) groups is 1. The predicted octanol–water partition coefficient (Wildman–Crippen LogP) is 3.57. The van der Waals surface area contributed by atoms with Gasteiger partial charge >= 0.3 is 29.6 Å². The van der Waals surface area contributed by atoms with Crippen LogP contribution in [0, 0.1) is 6.92 Å². The summed E-state index contributed by atoms with van der Waals surface area (Å²) in [5, 5.41) is 6.34. The largest absolute Gasteiger partial charge is 1.00 e. The first-order valence-electron chi connectivity index (χ1n) is 9.64. The average molecular weight is 522 g/mol. The molecule has 1 aromatic carbocycles. The summed E-state index contributed by atoms with van der Waals surface area (Å²) in [6, 6.07) is 12.5. The van der Waals surface area contributed by atoms with Crippen LogP contribution in [0.3, 0.4) is 0 Å².